The molecule has 0 aromatic carbocycles. The second-order valence-corrected chi connectivity index (χ2v) is 1.28. The number of aliphatic hydroxyl groups excluding tert-OH is 1. The maximum atomic E-state index is 8.14. The van der Waals surface area contributed by atoms with E-state index < -0.39 is 6.29 Å². The van der Waals surface area contributed by atoms with Crippen molar-refractivity contribution in [2.45, 2.75) is 12.7 Å². The van der Waals surface area contributed by atoms with E-state index in [2.05, 4.69) is 5.16 Å². The van der Waals surface area contributed by atoms with Crippen LogP contribution in [0.4, 0.5) is 0 Å². The molecule has 0 rings (SSSR count). The Labute approximate surface area is 46.0 Å². The van der Waals surface area contributed by atoms with Crippen molar-refractivity contribution < 1.29 is 15.4 Å². The van der Waals surface area contributed by atoms with E-state index in [4.69, 9.17) is 21.2 Å². The lowest BCUT2D eigenvalue weighted by Crippen LogP contribution is -2.19. The highest BCUT2D eigenvalue weighted by Crippen LogP contribution is 1.83. The first-order valence-corrected chi connectivity index (χ1v) is 1.99. The summed E-state index contributed by atoms with van der Waals surface area (Å²) in [7, 11) is 0. The molecule has 0 heterocycles. The number of amidine groups is 1. The van der Waals surface area contributed by atoms with Gasteiger partial charge in [0.15, 0.2) is 6.29 Å². The molecule has 5 heteroatoms. The molecule has 48 valence electrons. The number of oxime groups is 1. The van der Waals surface area contributed by atoms with Gasteiger partial charge in [0.1, 0.15) is 5.84 Å². The normalized spacial score (nSPS) is 12.6. The number of rotatable bonds is 2. The minimum absolute atomic E-state index is 0.194. The summed E-state index contributed by atoms with van der Waals surface area (Å²) in [5, 5.41) is 26.6. The van der Waals surface area contributed by atoms with Crippen LogP contribution in [0.2, 0.25) is 0 Å². The third-order valence-corrected chi connectivity index (χ3v) is 0.520. The number of hydrogen-bond acceptors (Lipinski definition) is 4. The first kappa shape index (κ1) is 7.19. The average molecular weight is 120 g/mol. The molecule has 0 spiro atoms. The topological polar surface area (TPSA) is 99.1 Å². The molecule has 5 nitrogen and oxygen atoms in total. The van der Waals surface area contributed by atoms with E-state index in [0.717, 1.165) is 0 Å². The van der Waals surface area contributed by atoms with Crippen molar-refractivity contribution in [1.82, 2.24) is 0 Å². The van der Waals surface area contributed by atoms with Gasteiger partial charge in [-0.3, -0.25) is 0 Å². The van der Waals surface area contributed by atoms with E-state index in [9.17, 15) is 0 Å². The van der Waals surface area contributed by atoms with Gasteiger partial charge < -0.3 is 21.2 Å². The molecule has 0 saturated heterocycles. The summed E-state index contributed by atoms with van der Waals surface area (Å²) in [5.41, 5.74) is 4.85. The molecule has 0 fully saturated rings. The summed E-state index contributed by atoms with van der Waals surface area (Å²) in [6.45, 7) is 0. The number of aliphatic hydroxyl groups is 2. The first-order chi connectivity index (χ1) is 3.66. The summed E-state index contributed by atoms with van der Waals surface area (Å²) >= 11 is 0. The number of hydrogen-bond donors (Lipinski definition) is 4. The molecule has 5 N–H and O–H groups in total. The van der Waals surface area contributed by atoms with Crippen LogP contribution in [0.5, 0.6) is 0 Å². The Balaban J connectivity index is 3.39. The summed E-state index contributed by atoms with van der Waals surface area (Å²) < 4.78 is 0. The molecule has 0 unspecified atom stereocenters. The highest BCUT2D eigenvalue weighted by Gasteiger charge is 1.99. The lowest BCUT2D eigenvalue weighted by Gasteiger charge is -1.97. The van der Waals surface area contributed by atoms with Gasteiger partial charge in [-0.15, -0.1) is 0 Å². The summed E-state index contributed by atoms with van der Waals surface area (Å²) in [4.78, 5) is 0. The van der Waals surface area contributed by atoms with E-state index >= 15 is 0 Å². The Morgan fingerprint density at radius 2 is 2.12 bits per heavy atom. The molecule has 0 saturated carbocycles. The maximum absolute atomic E-state index is 8.14. The van der Waals surface area contributed by atoms with Gasteiger partial charge in [-0.1, -0.05) is 5.16 Å². The van der Waals surface area contributed by atoms with Crippen molar-refractivity contribution in [3.05, 3.63) is 0 Å². The lowest BCUT2D eigenvalue weighted by molar-refractivity contribution is -0.0332. The smallest absolute Gasteiger partial charge is 0.158 e. The van der Waals surface area contributed by atoms with Gasteiger partial charge in [0.25, 0.3) is 0 Å². The van der Waals surface area contributed by atoms with Gasteiger partial charge in [-0.05, 0) is 0 Å². The minimum atomic E-state index is -1.54. The lowest BCUT2D eigenvalue weighted by atomic mass is 10.4. The minimum Gasteiger partial charge on any atom is -0.409 e. The van der Waals surface area contributed by atoms with Gasteiger partial charge in [0.2, 0.25) is 0 Å². The Kier molecular flexibility index (Phi) is 2.90. The Morgan fingerprint density at radius 1 is 1.62 bits per heavy atom. The summed E-state index contributed by atoms with van der Waals surface area (Å²) in [6, 6.07) is 0. The van der Waals surface area contributed by atoms with Crippen molar-refractivity contribution in [1.29, 1.82) is 0 Å². The van der Waals surface area contributed by atoms with Crippen LogP contribution < -0.4 is 5.73 Å². The second-order valence-electron chi connectivity index (χ2n) is 1.28. The predicted octanol–water partition coefficient (Wildman–Crippen LogP) is -1.57. The molecule has 0 aromatic rings. The van der Waals surface area contributed by atoms with Crippen molar-refractivity contribution in [3.63, 3.8) is 0 Å². The fourth-order valence-electron chi connectivity index (χ4n) is 0.228. The first-order valence-electron chi connectivity index (χ1n) is 1.99. The van der Waals surface area contributed by atoms with E-state index in [1.807, 2.05) is 0 Å². The van der Waals surface area contributed by atoms with Crippen LogP contribution in [-0.4, -0.2) is 27.5 Å². The average Bonchev–Trinajstić information content (AvgIpc) is 1.65. The quantitative estimate of drug-likeness (QED) is 0.116. The fraction of sp³-hybridized carbons (Fsp3) is 0.667. The van der Waals surface area contributed by atoms with Gasteiger partial charge in [-0.2, -0.15) is 0 Å². The van der Waals surface area contributed by atoms with Crippen molar-refractivity contribution in [3.8, 4) is 0 Å². The van der Waals surface area contributed by atoms with Crippen LogP contribution in [0.25, 0.3) is 0 Å². The highest BCUT2D eigenvalue weighted by molar-refractivity contribution is 5.79. The van der Waals surface area contributed by atoms with E-state index in [1.54, 1.807) is 0 Å². The van der Waals surface area contributed by atoms with Gasteiger partial charge in [0, 0.05) is 0 Å². The van der Waals surface area contributed by atoms with Crippen LogP contribution in [0, 0.1) is 0 Å². The van der Waals surface area contributed by atoms with Crippen LogP contribution in [-0.2, 0) is 0 Å². The standard InChI is InChI=1S/C3H8N2O3/c4-2(5-8)1-3(6)7/h3,6-8H,1H2,(H2,4,5). The zero-order chi connectivity index (χ0) is 6.57. The molecule has 0 bridgehead atoms. The fourth-order valence-corrected chi connectivity index (χ4v) is 0.228. The van der Waals surface area contributed by atoms with E-state index in [0.29, 0.717) is 0 Å². The molecule has 8 heavy (non-hydrogen) atoms. The van der Waals surface area contributed by atoms with Crippen molar-refractivity contribution in [2.75, 3.05) is 0 Å². The molecular weight excluding hydrogens is 112 g/mol. The predicted molar refractivity (Wildman–Crippen MR) is 26.3 cm³/mol. The molecular formula is C3H8N2O3. The third kappa shape index (κ3) is 3.38. The van der Waals surface area contributed by atoms with Gasteiger partial charge >= 0.3 is 0 Å². The Morgan fingerprint density at radius 3 is 2.25 bits per heavy atom. The molecule has 0 aromatic heterocycles. The van der Waals surface area contributed by atoms with Crippen molar-refractivity contribution >= 4 is 5.84 Å². The van der Waals surface area contributed by atoms with Gasteiger partial charge in [-0.25, -0.2) is 0 Å². The number of nitrogens with zero attached hydrogens (tertiary/aromatic N) is 1. The van der Waals surface area contributed by atoms with Crippen LogP contribution >= 0.6 is 0 Å². The zero-order valence-electron chi connectivity index (χ0n) is 4.15. The number of nitrogens with two attached hydrogens (primary N) is 1. The molecule has 0 aliphatic carbocycles. The molecule has 0 aliphatic rings. The Bertz CT molecular complexity index is 90.5. The maximum Gasteiger partial charge on any atom is 0.158 e. The summed E-state index contributed by atoms with van der Waals surface area (Å²) in [5.74, 6) is -0.194. The molecule has 0 aliphatic heterocycles. The molecule has 0 amide bonds. The van der Waals surface area contributed by atoms with Crippen LogP contribution in [0.15, 0.2) is 5.16 Å². The van der Waals surface area contributed by atoms with E-state index in [-0.39, 0.29) is 12.3 Å². The zero-order valence-corrected chi connectivity index (χ0v) is 4.15. The largest absolute Gasteiger partial charge is 0.409 e. The highest BCUT2D eigenvalue weighted by atomic mass is 16.5. The second kappa shape index (κ2) is 3.23. The van der Waals surface area contributed by atoms with E-state index in [1.165, 1.54) is 0 Å². The third-order valence-electron chi connectivity index (χ3n) is 0.520. The summed E-state index contributed by atoms with van der Waals surface area (Å²) in [6.07, 6.45) is -1.76. The van der Waals surface area contributed by atoms with Gasteiger partial charge in [0.05, 0.1) is 6.42 Å². The SMILES string of the molecule is N/C(CC(O)O)=N\O. The Hall–Kier alpha value is -0.810. The molecule has 0 radical (unpaired) electrons. The molecule has 0 atom stereocenters. The van der Waals surface area contributed by atoms with Crippen LogP contribution in [0.1, 0.15) is 6.42 Å². The van der Waals surface area contributed by atoms with Crippen LogP contribution in [0.3, 0.4) is 0 Å². The monoisotopic (exact) mass is 120 g/mol. The van der Waals surface area contributed by atoms with Crippen molar-refractivity contribution in [2.24, 2.45) is 10.9 Å².